The Morgan fingerprint density at radius 1 is 0.745 bits per heavy atom. The Hall–Kier alpha value is -6.52. The van der Waals surface area contributed by atoms with Gasteiger partial charge in [0.2, 0.25) is 5.91 Å². The molecule has 0 aliphatic carbocycles. The molecule has 0 aliphatic heterocycles. The number of nitro benzene ring substituents is 1. The van der Waals surface area contributed by atoms with Gasteiger partial charge in [0.1, 0.15) is 10.9 Å². The van der Waals surface area contributed by atoms with E-state index in [9.17, 15) is 24.5 Å². The van der Waals surface area contributed by atoms with Gasteiger partial charge in [0.15, 0.2) is 0 Å². The lowest BCUT2D eigenvalue weighted by atomic mass is 10.0. The fraction of sp³-hybridized carbons (Fsp3) is 0.0488. The molecule has 9 nitrogen and oxygen atoms in total. The normalized spacial score (nSPS) is 11.7. The van der Waals surface area contributed by atoms with E-state index < -0.39 is 22.0 Å². The molecule has 3 amide bonds. The molecule has 6 aromatic rings. The number of nitrogens with zero attached hydrogens (tertiary/aromatic N) is 1. The number of benzene rings is 6. The predicted molar refractivity (Wildman–Crippen MR) is 202 cm³/mol. The average molecular weight is 693 g/mol. The minimum Gasteiger partial charge on any atom is -0.325 e. The van der Waals surface area contributed by atoms with Crippen LogP contribution < -0.4 is 16.0 Å². The summed E-state index contributed by atoms with van der Waals surface area (Å²) < 4.78 is 0. The van der Waals surface area contributed by atoms with Crippen LogP contribution in [-0.4, -0.2) is 22.6 Å². The summed E-state index contributed by atoms with van der Waals surface area (Å²) in [4.78, 5) is 52.0. The summed E-state index contributed by atoms with van der Waals surface area (Å²) in [5.74, 6) is -1.22. The van der Waals surface area contributed by atoms with Crippen LogP contribution in [0.1, 0.15) is 32.3 Å². The standard InChI is InChI=1S/C41H32N4O5S/c1-27-25-33(45(49)50)21-24-36(27)43-41(48)38(29-12-4-2-5-13-29)51-34-22-19-32(20-23-34)42-40(47)37(44-39(46)30-14-6-3-7-15-30)26-31-17-10-16-28-11-8-9-18-35(28)31/h2-26,38H,1H3,(H,42,47)(H,43,48)(H,44,46)/b37-26-. The van der Waals surface area contributed by atoms with E-state index in [1.807, 2.05) is 78.9 Å². The van der Waals surface area contributed by atoms with Crippen LogP contribution in [0.2, 0.25) is 0 Å². The van der Waals surface area contributed by atoms with E-state index in [1.165, 1.54) is 30.0 Å². The van der Waals surface area contributed by atoms with Crippen LogP contribution in [-0.2, 0) is 9.59 Å². The summed E-state index contributed by atoms with van der Waals surface area (Å²) in [5.41, 5.74) is 3.52. The van der Waals surface area contributed by atoms with Crippen molar-refractivity contribution in [1.29, 1.82) is 0 Å². The molecule has 0 bridgehead atoms. The third-order valence-electron chi connectivity index (χ3n) is 8.04. The highest BCUT2D eigenvalue weighted by atomic mass is 32.2. The zero-order valence-electron chi connectivity index (χ0n) is 27.4. The third-order valence-corrected chi connectivity index (χ3v) is 9.30. The molecule has 0 saturated heterocycles. The molecular formula is C41H32N4O5S. The van der Waals surface area contributed by atoms with Crippen molar-refractivity contribution in [1.82, 2.24) is 5.32 Å². The number of carbonyl (C=O) groups excluding carboxylic acids is 3. The Morgan fingerprint density at radius 2 is 1.41 bits per heavy atom. The fourth-order valence-corrected chi connectivity index (χ4v) is 6.45. The van der Waals surface area contributed by atoms with Crippen LogP contribution in [0.3, 0.4) is 0 Å². The molecule has 252 valence electrons. The van der Waals surface area contributed by atoms with Crippen LogP contribution in [0.25, 0.3) is 16.8 Å². The van der Waals surface area contributed by atoms with Crippen molar-refractivity contribution >= 4 is 63.4 Å². The lowest BCUT2D eigenvalue weighted by Crippen LogP contribution is -2.30. The Morgan fingerprint density at radius 3 is 2.12 bits per heavy atom. The van der Waals surface area contributed by atoms with Crippen molar-refractivity contribution < 1.29 is 19.3 Å². The Bertz CT molecular complexity index is 2250. The second kappa shape index (κ2) is 15.8. The lowest BCUT2D eigenvalue weighted by Gasteiger charge is -2.18. The van der Waals surface area contributed by atoms with E-state index in [2.05, 4.69) is 16.0 Å². The molecule has 6 rings (SSSR count). The van der Waals surface area contributed by atoms with Gasteiger partial charge in [-0.05, 0) is 82.9 Å². The first-order valence-corrected chi connectivity index (χ1v) is 16.9. The maximum absolute atomic E-state index is 13.7. The average Bonchev–Trinajstić information content (AvgIpc) is 3.15. The molecule has 51 heavy (non-hydrogen) atoms. The number of nitrogens with one attached hydrogen (secondary N) is 3. The minimum absolute atomic E-state index is 0.0542. The first-order chi connectivity index (χ1) is 24.7. The number of non-ortho nitro benzene ring substituents is 1. The van der Waals surface area contributed by atoms with Gasteiger partial charge in [-0.25, -0.2) is 0 Å². The predicted octanol–water partition coefficient (Wildman–Crippen LogP) is 8.94. The highest BCUT2D eigenvalue weighted by molar-refractivity contribution is 8.00. The molecule has 3 N–H and O–H groups in total. The highest BCUT2D eigenvalue weighted by Crippen LogP contribution is 2.37. The summed E-state index contributed by atoms with van der Waals surface area (Å²) in [5, 5.41) is 21.1. The summed E-state index contributed by atoms with van der Waals surface area (Å²) >= 11 is 1.32. The molecule has 0 aliphatic rings. The molecule has 10 heteroatoms. The van der Waals surface area contributed by atoms with E-state index >= 15 is 0 Å². The second-order valence-electron chi connectivity index (χ2n) is 11.6. The van der Waals surface area contributed by atoms with E-state index in [0.29, 0.717) is 22.5 Å². The number of rotatable bonds is 11. The molecule has 1 atom stereocenters. The number of nitro groups is 1. The minimum atomic E-state index is -0.648. The fourth-order valence-electron chi connectivity index (χ4n) is 5.43. The van der Waals surface area contributed by atoms with Gasteiger partial charge in [-0.15, -0.1) is 11.8 Å². The number of thioether (sulfide) groups is 1. The summed E-state index contributed by atoms with van der Waals surface area (Å²) in [6.45, 7) is 1.70. The van der Waals surface area contributed by atoms with Crippen molar-refractivity contribution in [3.05, 3.63) is 184 Å². The van der Waals surface area contributed by atoms with Crippen LogP contribution in [0.15, 0.2) is 156 Å². The summed E-state index contributed by atoms with van der Waals surface area (Å²) in [6.07, 6.45) is 1.67. The molecule has 0 radical (unpaired) electrons. The third kappa shape index (κ3) is 8.56. The van der Waals surface area contributed by atoms with E-state index in [1.54, 1.807) is 61.5 Å². The lowest BCUT2D eigenvalue weighted by molar-refractivity contribution is -0.384. The van der Waals surface area contributed by atoms with Crippen LogP contribution in [0, 0.1) is 17.0 Å². The van der Waals surface area contributed by atoms with E-state index in [0.717, 1.165) is 26.8 Å². The van der Waals surface area contributed by atoms with Crippen LogP contribution in [0.4, 0.5) is 17.1 Å². The van der Waals surface area contributed by atoms with Gasteiger partial charge in [0.25, 0.3) is 17.5 Å². The first kappa shape index (κ1) is 34.3. The zero-order valence-corrected chi connectivity index (χ0v) is 28.2. The van der Waals surface area contributed by atoms with Crippen LogP contribution >= 0.6 is 11.8 Å². The van der Waals surface area contributed by atoms with Crippen molar-refractivity contribution in [2.75, 3.05) is 10.6 Å². The maximum Gasteiger partial charge on any atom is 0.272 e. The van der Waals surface area contributed by atoms with Crippen molar-refractivity contribution in [2.24, 2.45) is 0 Å². The number of aryl methyl sites for hydroxylation is 1. The molecule has 0 spiro atoms. The molecular weight excluding hydrogens is 661 g/mol. The van der Waals surface area contributed by atoms with Gasteiger partial charge >= 0.3 is 0 Å². The molecule has 0 saturated carbocycles. The number of carbonyl (C=O) groups is 3. The number of anilines is 2. The summed E-state index contributed by atoms with van der Waals surface area (Å²) in [7, 11) is 0. The molecule has 0 heterocycles. The number of hydrogen-bond donors (Lipinski definition) is 3. The molecule has 0 fully saturated rings. The largest absolute Gasteiger partial charge is 0.325 e. The van der Waals surface area contributed by atoms with Crippen molar-refractivity contribution in [2.45, 2.75) is 17.1 Å². The van der Waals surface area contributed by atoms with Gasteiger partial charge < -0.3 is 16.0 Å². The van der Waals surface area contributed by atoms with Gasteiger partial charge in [0, 0.05) is 34.0 Å². The number of hydrogen-bond acceptors (Lipinski definition) is 6. The van der Waals surface area contributed by atoms with Crippen molar-refractivity contribution in [3.8, 4) is 0 Å². The van der Waals surface area contributed by atoms with Gasteiger partial charge in [-0.3, -0.25) is 24.5 Å². The second-order valence-corrected chi connectivity index (χ2v) is 12.8. The van der Waals surface area contributed by atoms with E-state index in [-0.39, 0.29) is 17.3 Å². The van der Waals surface area contributed by atoms with Crippen molar-refractivity contribution in [3.63, 3.8) is 0 Å². The number of fused-ring (bicyclic) bond motifs is 1. The van der Waals surface area contributed by atoms with E-state index in [4.69, 9.17) is 0 Å². The monoisotopic (exact) mass is 692 g/mol. The first-order valence-electron chi connectivity index (χ1n) is 16.0. The SMILES string of the molecule is Cc1cc([N+](=O)[O-])ccc1NC(=O)C(Sc1ccc(NC(=O)/C(=C/c2cccc3ccccc23)NC(=O)c2ccccc2)cc1)c1ccccc1. The topological polar surface area (TPSA) is 130 Å². The molecule has 0 aromatic heterocycles. The maximum atomic E-state index is 13.7. The summed E-state index contributed by atoms with van der Waals surface area (Å²) in [6, 6.07) is 42.9. The zero-order chi connectivity index (χ0) is 35.7. The highest BCUT2D eigenvalue weighted by Gasteiger charge is 2.23. The van der Waals surface area contributed by atoms with Gasteiger partial charge in [-0.1, -0.05) is 91.0 Å². The van der Waals surface area contributed by atoms with Gasteiger partial charge in [-0.2, -0.15) is 0 Å². The van der Waals surface area contributed by atoms with Gasteiger partial charge in [0.05, 0.1) is 4.92 Å². The number of amides is 3. The Labute approximate surface area is 298 Å². The van der Waals surface area contributed by atoms with Crippen LogP contribution in [0.5, 0.6) is 0 Å². The molecule has 6 aromatic carbocycles. The quantitative estimate of drug-likeness (QED) is 0.0538. The Balaban J connectivity index is 1.22. The Kier molecular flexibility index (Phi) is 10.6. The smallest absolute Gasteiger partial charge is 0.272 e. The molecule has 1 unspecified atom stereocenters.